The van der Waals surface area contributed by atoms with Gasteiger partial charge in [0, 0.05) is 5.97 Å². The third-order valence-electron chi connectivity index (χ3n) is 3.91. The van der Waals surface area contributed by atoms with E-state index in [0.717, 1.165) is 19.3 Å². The van der Waals surface area contributed by atoms with Crippen molar-refractivity contribution in [1.29, 1.82) is 0 Å². The number of carboxylic acids is 1. The van der Waals surface area contributed by atoms with Gasteiger partial charge in [-0.15, -0.1) is 0 Å². The normalized spacial score (nSPS) is 11.5. The molecule has 0 aromatic carbocycles. The molecule has 0 aliphatic rings. The number of hydrogen-bond donors (Lipinski definition) is 2. The Morgan fingerprint density at radius 1 is 0.885 bits per heavy atom. The van der Waals surface area contributed by atoms with Crippen LogP contribution >= 0.6 is 0 Å². The van der Waals surface area contributed by atoms with E-state index in [1.807, 2.05) is 0 Å². The van der Waals surface area contributed by atoms with Crippen LogP contribution in [0.3, 0.4) is 0 Å². The number of aliphatic hydroxyl groups excluding tert-OH is 2. The van der Waals surface area contributed by atoms with E-state index < -0.39 is 12.1 Å². The van der Waals surface area contributed by atoms with Gasteiger partial charge in [-0.25, -0.2) is 0 Å². The van der Waals surface area contributed by atoms with E-state index in [4.69, 9.17) is 10.2 Å². The summed E-state index contributed by atoms with van der Waals surface area (Å²) in [5, 5.41) is 26.2. The molecule has 0 bridgehead atoms. The third-order valence-corrected chi connectivity index (χ3v) is 3.91. The van der Waals surface area contributed by atoms with Gasteiger partial charge < -0.3 is 20.1 Å². The summed E-state index contributed by atoms with van der Waals surface area (Å²) < 4.78 is 0. The predicted molar refractivity (Wildman–Crippen MR) is 103 cm³/mol. The summed E-state index contributed by atoms with van der Waals surface area (Å²) >= 11 is 0. The molecule has 5 heteroatoms. The van der Waals surface area contributed by atoms with Crippen LogP contribution in [0, 0.1) is 0 Å². The number of allylic oxidation sites excluding steroid dienone is 2. The van der Waals surface area contributed by atoms with Crippen LogP contribution in [0.25, 0.3) is 0 Å². The molecule has 0 aliphatic carbocycles. The summed E-state index contributed by atoms with van der Waals surface area (Å²) in [5.74, 6) is -0.914. The summed E-state index contributed by atoms with van der Waals surface area (Å²) in [7, 11) is 0. The number of aliphatic hydroxyl groups is 2. The number of carbonyl (C=O) groups is 1. The van der Waals surface area contributed by atoms with Gasteiger partial charge in [0.2, 0.25) is 0 Å². The topological polar surface area (TPSA) is 80.6 Å². The summed E-state index contributed by atoms with van der Waals surface area (Å²) in [5.41, 5.74) is 0. The van der Waals surface area contributed by atoms with Crippen LogP contribution in [0.1, 0.15) is 104 Å². The molecule has 4 nitrogen and oxygen atoms in total. The van der Waals surface area contributed by atoms with E-state index in [9.17, 15) is 9.90 Å². The summed E-state index contributed by atoms with van der Waals surface area (Å²) in [6, 6.07) is 0. The zero-order chi connectivity index (χ0) is 19.2. The fourth-order valence-corrected chi connectivity index (χ4v) is 2.34. The predicted octanol–water partition coefficient (Wildman–Crippen LogP) is 1.14. The molecule has 0 radical (unpaired) electrons. The van der Waals surface area contributed by atoms with E-state index in [1.165, 1.54) is 71.1 Å². The van der Waals surface area contributed by atoms with Gasteiger partial charge >= 0.3 is 29.6 Å². The number of aliphatic carboxylic acids is 1. The molecular formula is C21H41NaO4. The largest absolute Gasteiger partial charge is 1.00 e. The maximum absolute atomic E-state index is 10.2. The van der Waals surface area contributed by atoms with Crippen LogP contribution in [-0.4, -0.2) is 28.9 Å². The van der Waals surface area contributed by atoms with E-state index in [-0.39, 0.29) is 42.6 Å². The molecule has 0 aromatic heterocycles. The first-order valence-corrected chi connectivity index (χ1v) is 10.2. The van der Waals surface area contributed by atoms with Crippen LogP contribution in [0.5, 0.6) is 0 Å². The smallest absolute Gasteiger partial charge is 0.550 e. The first-order chi connectivity index (χ1) is 12.0. The second-order valence-corrected chi connectivity index (χ2v) is 6.74. The van der Waals surface area contributed by atoms with Crippen molar-refractivity contribution >= 4 is 5.97 Å². The fourth-order valence-electron chi connectivity index (χ4n) is 2.34. The minimum Gasteiger partial charge on any atom is -0.550 e. The first-order valence-electron chi connectivity index (χ1n) is 10.2. The second kappa shape index (κ2) is 27.3. The molecule has 0 saturated heterocycles. The van der Waals surface area contributed by atoms with Crippen LogP contribution in [-0.2, 0) is 4.79 Å². The summed E-state index contributed by atoms with van der Waals surface area (Å²) in [4.78, 5) is 10.2. The molecule has 0 heterocycles. The van der Waals surface area contributed by atoms with Gasteiger partial charge in [0.15, 0.2) is 0 Å². The Labute approximate surface area is 183 Å². The van der Waals surface area contributed by atoms with Crippen LogP contribution in [0.15, 0.2) is 12.2 Å². The summed E-state index contributed by atoms with van der Waals surface area (Å²) in [6.45, 7) is 3.64. The van der Waals surface area contributed by atoms with Crippen molar-refractivity contribution in [3.05, 3.63) is 12.2 Å². The van der Waals surface area contributed by atoms with E-state index >= 15 is 0 Å². The van der Waals surface area contributed by atoms with E-state index in [0.29, 0.717) is 0 Å². The van der Waals surface area contributed by atoms with E-state index in [1.54, 1.807) is 0 Å². The molecule has 150 valence electrons. The standard InChI is InChI=1S/C18H34O2.C3H8O2.Na/c1-2-3-4-5-6-7-8-9-10-11-12-13-14-15-16-17-18(19)20;1-3(5)2-4;/h9-10H,2-8,11-17H2,1H3,(H,19,20);3-5H,2H2,1H3;/q;;+1/p-1/b10-9-;;. The molecule has 0 amide bonds. The molecule has 0 rings (SSSR count). The van der Waals surface area contributed by atoms with Crippen LogP contribution in [0.2, 0.25) is 0 Å². The van der Waals surface area contributed by atoms with Crippen molar-refractivity contribution in [3.8, 4) is 0 Å². The quantitative estimate of drug-likeness (QED) is 0.239. The number of rotatable bonds is 16. The van der Waals surface area contributed by atoms with Crippen molar-refractivity contribution in [1.82, 2.24) is 0 Å². The zero-order valence-electron chi connectivity index (χ0n) is 17.5. The molecule has 1 unspecified atom stereocenters. The van der Waals surface area contributed by atoms with Crippen molar-refractivity contribution in [3.63, 3.8) is 0 Å². The van der Waals surface area contributed by atoms with Crippen molar-refractivity contribution in [2.24, 2.45) is 0 Å². The van der Waals surface area contributed by atoms with Gasteiger partial charge in [-0.1, -0.05) is 70.4 Å². The van der Waals surface area contributed by atoms with Gasteiger partial charge in [0.05, 0.1) is 12.7 Å². The number of carboxylic acid groups (broad SMARTS) is 1. The summed E-state index contributed by atoms with van der Waals surface area (Å²) in [6.07, 6.45) is 20.3. The first kappa shape index (κ1) is 30.8. The maximum Gasteiger partial charge on any atom is 1.00 e. The Balaban J connectivity index is -0.000000772. The van der Waals surface area contributed by atoms with Crippen molar-refractivity contribution in [2.45, 2.75) is 110 Å². The molecule has 26 heavy (non-hydrogen) atoms. The van der Waals surface area contributed by atoms with E-state index in [2.05, 4.69) is 19.1 Å². The minimum atomic E-state index is -0.914. The average molecular weight is 381 g/mol. The Morgan fingerprint density at radius 3 is 1.65 bits per heavy atom. The fraction of sp³-hybridized carbons (Fsp3) is 0.857. The average Bonchev–Trinajstić information content (AvgIpc) is 2.58. The minimum absolute atomic E-state index is 0. The van der Waals surface area contributed by atoms with Gasteiger partial charge in [0.1, 0.15) is 0 Å². The SMILES string of the molecule is CC(O)CO.CCCCCCCC/C=C\CCCCCCCC(=O)[O-].[Na+]. The Morgan fingerprint density at radius 2 is 1.27 bits per heavy atom. The van der Waals surface area contributed by atoms with Crippen LogP contribution in [0.4, 0.5) is 0 Å². The number of carbonyl (C=O) groups excluding carboxylic acids is 1. The molecule has 2 N–H and O–H groups in total. The maximum atomic E-state index is 10.2. The molecular weight excluding hydrogens is 339 g/mol. The molecule has 0 spiro atoms. The number of hydrogen-bond acceptors (Lipinski definition) is 4. The zero-order valence-corrected chi connectivity index (χ0v) is 19.5. The molecule has 1 atom stereocenters. The molecule has 0 saturated carbocycles. The van der Waals surface area contributed by atoms with Crippen LogP contribution < -0.4 is 34.7 Å². The molecule has 0 aromatic rings. The monoisotopic (exact) mass is 380 g/mol. The van der Waals surface area contributed by atoms with Gasteiger partial charge in [0.25, 0.3) is 0 Å². The Bertz CT molecular complexity index is 294. The van der Waals surface area contributed by atoms with Gasteiger partial charge in [-0.2, -0.15) is 0 Å². The molecule has 0 fully saturated rings. The van der Waals surface area contributed by atoms with Crippen molar-refractivity contribution < 1.29 is 49.7 Å². The van der Waals surface area contributed by atoms with Gasteiger partial charge in [-0.05, 0) is 45.4 Å². The second-order valence-electron chi connectivity index (χ2n) is 6.74. The van der Waals surface area contributed by atoms with Crippen molar-refractivity contribution in [2.75, 3.05) is 6.61 Å². The molecule has 0 aliphatic heterocycles. The number of unbranched alkanes of at least 4 members (excludes halogenated alkanes) is 11. The van der Waals surface area contributed by atoms with Gasteiger partial charge in [-0.3, -0.25) is 0 Å². The third kappa shape index (κ3) is 35.3. The Kier molecular flexibility index (Phi) is 32.4. The Hall–Kier alpha value is 0.130.